The van der Waals surface area contributed by atoms with E-state index in [2.05, 4.69) is 6.58 Å². The molecule has 0 aliphatic rings. The predicted octanol–water partition coefficient (Wildman–Crippen LogP) is 3.19. The van der Waals surface area contributed by atoms with E-state index in [1.165, 1.54) is 0 Å². The van der Waals surface area contributed by atoms with E-state index >= 15 is 0 Å². The third-order valence-electron chi connectivity index (χ3n) is 3.63. The van der Waals surface area contributed by atoms with Gasteiger partial charge in [-0.25, -0.2) is 4.79 Å². The van der Waals surface area contributed by atoms with E-state index in [1.807, 2.05) is 13.0 Å². The Morgan fingerprint density at radius 2 is 1.73 bits per heavy atom. The third kappa shape index (κ3) is 11.4. The Kier molecular flexibility index (Phi) is 14.2. The van der Waals surface area contributed by atoms with Crippen LogP contribution < -0.4 is 0 Å². The molecule has 0 saturated carbocycles. The summed E-state index contributed by atoms with van der Waals surface area (Å²) in [6, 6.07) is 0. The maximum atomic E-state index is 12.4. The molecule has 0 radical (unpaired) electrons. The zero-order chi connectivity index (χ0) is 19.9. The first kappa shape index (κ1) is 24.8. The minimum absolute atomic E-state index is 0.0977. The van der Waals surface area contributed by atoms with Crippen LogP contribution in [-0.4, -0.2) is 58.4 Å². The van der Waals surface area contributed by atoms with E-state index in [4.69, 9.17) is 28.4 Å². The molecule has 0 amide bonds. The Morgan fingerprint density at radius 3 is 2.31 bits per heavy atom. The highest BCUT2D eigenvalue weighted by atomic mass is 16.8. The second-order valence-corrected chi connectivity index (χ2v) is 5.78. The summed E-state index contributed by atoms with van der Waals surface area (Å²) in [5.41, 5.74) is 0.413. The van der Waals surface area contributed by atoms with Crippen LogP contribution in [0.3, 0.4) is 0 Å². The van der Waals surface area contributed by atoms with E-state index < -0.39 is 24.7 Å². The van der Waals surface area contributed by atoms with Crippen LogP contribution in [0, 0.1) is 0 Å². The van der Waals surface area contributed by atoms with Crippen molar-refractivity contribution in [3.05, 3.63) is 24.3 Å². The molecule has 0 aliphatic heterocycles. The third-order valence-corrected chi connectivity index (χ3v) is 3.63. The van der Waals surface area contributed by atoms with Gasteiger partial charge < -0.3 is 28.4 Å². The van der Waals surface area contributed by atoms with E-state index in [9.17, 15) is 4.79 Å². The topological polar surface area (TPSA) is 72.5 Å². The molecule has 0 aromatic heterocycles. The maximum absolute atomic E-state index is 12.4. The van der Waals surface area contributed by atoms with Crippen LogP contribution in [0.5, 0.6) is 0 Å². The monoisotopic (exact) mass is 374 g/mol. The summed E-state index contributed by atoms with van der Waals surface area (Å²) in [6.45, 7) is 11.0. The number of ether oxygens (including phenoxy) is 6. The number of hydrogen-bond donors (Lipinski definition) is 0. The fourth-order valence-electron chi connectivity index (χ4n) is 2.03. The second-order valence-electron chi connectivity index (χ2n) is 5.78. The Labute approximate surface area is 157 Å². The summed E-state index contributed by atoms with van der Waals surface area (Å²) in [5.74, 6) is -0.487. The van der Waals surface area contributed by atoms with E-state index in [0.29, 0.717) is 18.6 Å². The Bertz CT molecular complexity index is 422. The van der Waals surface area contributed by atoms with Crippen molar-refractivity contribution >= 4 is 5.97 Å². The van der Waals surface area contributed by atoms with Gasteiger partial charge in [0, 0.05) is 14.2 Å². The number of hydrogen-bond acceptors (Lipinski definition) is 7. The first-order valence-electron chi connectivity index (χ1n) is 8.77. The normalized spacial score (nSPS) is 16.6. The van der Waals surface area contributed by atoms with Crippen molar-refractivity contribution in [3.8, 4) is 0 Å². The maximum Gasteiger partial charge on any atom is 0.338 e. The molecular formula is C19H34O7. The van der Waals surface area contributed by atoms with Crippen molar-refractivity contribution < 1.29 is 33.2 Å². The molecule has 0 aromatic carbocycles. The lowest BCUT2D eigenvalue weighted by Gasteiger charge is -2.23. The lowest BCUT2D eigenvalue weighted by atomic mass is 10.1. The van der Waals surface area contributed by atoms with Crippen LogP contribution in [-0.2, 0) is 33.2 Å². The highest BCUT2D eigenvalue weighted by molar-refractivity contribution is 5.89. The van der Waals surface area contributed by atoms with Gasteiger partial charge in [0.1, 0.15) is 0 Å². The second kappa shape index (κ2) is 14.9. The van der Waals surface area contributed by atoms with Gasteiger partial charge in [-0.1, -0.05) is 12.2 Å². The molecule has 7 nitrogen and oxygen atoms in total. The SMILES string of the molecule is C=CCOCOC(=O)/C(=C/CCC(C)OC)C(C)OC(C)OC(C)OC. The zero-order valence-electron chi connectivity index (χ0n) is 16.9. The molecular weight excluding hydrogens is 340 g/mol. The van der Waals surface area contributed by atoms with Gasteiger partial charge in [-0.05, 0) is 40.5 Å². The fourth-order valence-corrected chi connectivity index (χ4v) is 2.03. The van der Waals surface area contributed by atoms with Crippen molar-refractivity contribution in [1.29, 1.82) is 0 Å². The van der Waals surface area contributed by atoms with Crippen LogP contribution in [0.1, 0.15) is 40.5 Å². The van der Waals surface area contributed by atoms with Gasteiger partial charge in [0.2, 0.25) is 0 Å². The van der Waals surface area contributed by atoms with E-state index in [0.717, 1.165) is 6.42 Å². The van der Waals surface area contributed by atoms with Gasteiger partial charge in [0.25, 0.3) is 0 Å². The molecule has 0 saturated heterocycles. The van der Waals surface area contributed by atoms with Crippen molar-refractivity contribution in [2.45, 2.75) is 65.3 Å². The van der Waals surface area contributed by atoms with E-state index in [-0.39, 0.29) is 12.9 Å². The molecule has 0 heterocycles. The Balaban J connectivity index is 4.84. The molecule has 0 aromatic rings. The van der Waals surface area contributed by atoms with Gasteiger partial charge in [-0.15, -0.1) is 6.58 Å². The van der Waals surface area contributed by atoms with Gasteiger partial charge in [-0.2, -0.15) is 0 Å². The molecule has 0 spiro atoms. The van der Waals surface area contributed by atoms with Crippen molar-refractivity contribution in [2.75, 3.05) is 27.6 Å². The highest BCUT2D eigenvalue weighted by Crippen LogP contribution is 2.15. The standard InChI is InChI=1S/C19H34O7/c1-8-12-23-13-24-19(20)18(11-9-10-14(2)21-6)15(3)25-17(5)26-16(4)22-7/h8,11,14-17H,1,9-10,12-13H2,2-7H3/b18-11+. The smallest absolute Gasteiger partial charge is 0.338 e. The number of carbonyl (C=O) groups is 1. The molecule has 4 atom stereocenters. The first-order valence-corrected chi connectivity index (χ1v) is 8.77. The number of esters is 1. The average Bonchev–Trinajstić information content (AvgIpc) is 2.61. The minimum atomic E-state index is -0.550. The number of rotatable bonds is 15. The number of methoxy groups -OCH3 is 2. The molecule has 0 aliphatic carbocycles. The predicted molar refractivity (Wildman–Crippen MR) is 98.5 cm³/mol. The van der Waals surface area contributed by atoms with Gasteiger partial charge >= 0.3 is 5.97 Å². The molecule has 152 valence electrons. The molecule has 0 rings (SSSR count). The molecule has 0 N–H and O–H groups in total. The summed E-state index contributed by atoms with van der Waals surface area (Å²) in [6.07, 6.45) is 3.45. The summed E-state index contributed by atoms with van der Waals surface area (Å²) in [7, 11) is 3.20. The zero-order valence-corrected chi connectivity index (χ0v) is 16.9. The summed E-state index contributed by atoms with van der Waals surface area (Å²) >= 11 is 0. The van der Waals surface area contributed by atoms with Crippen molar-refractivity contribution in [3.63, 3.8) is 0 Å². The Morgan fingerprint density at radius 1 is 1.04 bits per heavy atom. The lowest BCUT2D eigenvalue weighted by molar-refractivity contribution is -0.231. The lowest BCUT2D eigenvalue weighted by Crippen LogP contribution is -2.29. The van der Waals surface area contributed by atoms with Gasteiger partial charge in [0.05, 0.1) is 24.4 Å². The van der Waals surface area contributed by atoms with Crippen LogP contribution in [0.15, 0.2) is 24.3 Å². The average molecular weight is 374 g/mol. The van der Waals surface area contributed by atoms with E-state index in [1.54, 1.807) is 41.1 Å². The van der Waals surface area contributed by atoms with Crippen LogP contribution in [0.4, 0.5) is 0 Å². The summed E-state index contributed by atoms with van der Waals surface area (Å²) in [5, 5.41) is 0. The molecule has 4 unspecified atom stereocenters. The molecule has 7 heteroatoms. The van der Waals surface area contributed by atoms with Gasteiger partial charge in [-0.3, -0.25) is 0 Å². The van der Waals surface area contributed by atoms with Crippen LogP contribution in [0.25, 0.3) is 0 Å². The number of carbonyl (C=O) groups excluding carboxylic acids is 1. The largest absolute Gasteiger partial charge is 0.435 e. The van der Waals surface area contributed by atoms with Crippen LogP contribution in [0.2, 0.25) is 0 Å². The fraction of sp³-hybridized carbons (Fsp3) is 0.737. The van der Waals surface area contributed by atoms with Crippen LogP contribution >= 0.6 is 0 Å². The molecule has 0 fully saturated rings. The Hall–Kier alpha value is -1.25. The van der Waals surface area contributed by atoms with Gasteiger partial charge in [0.15, 0.2) is 19.4 Å². The first-order chi connectivity index (χ1) is 12.3. The number of allylic oxidation sites excluding steroid dienone is 1. The van der Waals surface area contributed by atoms with Crippen molar-refractivity contribution in [1.82, 2.24) is 0 Å². The quantitative estimate of drug-likeness (QED) is 0.143. The summed E-state index contributed by atoms with van der Waals surface area (Å²) < 4.78 is 31.8. The molecule has 26 heavy (non-hydrogen) atoms. The highest BCUT2D eigenvalue weighted by Gasteiger charge is 2.22. The minimum Gasteiger partial charge on any atom is -0.435 e. The van der Waals surface area contributed by atoms with Crippen molar-refractivity contribution in [2.24, 2.45) is 0 Å². The molecule has 0 bridgehead atoms. The summed E-state index contributed by atoms with van der Waals surface area (Å²) in [4.78, 5) is 12.4.